The van der Waals surface area contributed by atoms with Gasteiger partial charge in [0.05, 0.1) is 0 Å². The Kier molecular flexibility index (Phi) is 3.11. The smallest absolute Gasteiger partial charge is 0.0271 e. The van der Waals surface area contributed by atoms with E-state index in [2.05, 4.69) is 22.0 Å². The highest BCUT2D eigenvalue weighted by atomic mass is 15.2. The van der Waals surface area contributed by atoms with E-state index in [0.29, 0.717) is 6.04 Å². The largest absolute Gasteiger partial charge is 0.329 e. The predicted molar refractivity (Wildman–Crippen MR) is 56.7 cm³/mol. The van der Waals surface area contributed by atoms with Gasteiger partial charge in [-0.05, 0) is 37.1 Å². The van der Waals surface area contributed by atoms with Gasteiger partial charge in [0.1, 0.15) is 0 Å². The molecule has 1 atom stereocenters. The number of hydrogen-bond acceptors (Lipinski definition) is 3. The molecular formula is C11H17N3. The molecule has 0 saturated carbocycles. The molecule has 2 rings (SSSR count). The van der Waals surface area contributed by atoms with E-state index in [4.69, 9.17) is 5.73 Å². The third-order valence-corrected chi connectivity index (χ3v) is 2.91. The van der Waals surface area contributed by atoms with Crippen LogP contribution in [0.2, 0.25) is 0 Å². The fraction of sp³-hybridized carbons (Fsp3) is 0.545. The second kappa shape index (κ2) is 4.53. The van der Waals surface area contributed by atoms with Crippen LogP contribution in [0, 0.1) is 0 Å². The normalized spacial score (nSPS) is 22.8. The lowest BCUT2D eigenvalue weighted by Gasteiger charge is -2.22. The summed E-state index contributed by atoms with van der Waals surface area (Å²) in [7, 11) is 0. The fourth-order valence-electron chi connectivity index (χ4n) is 2.09. The molecule has 0 spiro atoms. The molecule has 1 aromatic rings. The molecule has 1 aliphatic heterocycles. The van der Waals surface area contributed by atoms with Crippen LogP contribution in [0.4, 0.5) is 0 Å². The van der Waals surface area contributed by atoms with Crippen LogP contribution in [0.5, 0.6) is 0 Å². The average Bonchev–Trinajstić information content (AvgIpc) is 2.67. The first kappa shape index (κ1) is 9.62. The Balaban J connectivity index is 1.97. The lowest BCUT2D eigenvalue weighted by molar-refractivity contribution is 0.250. The van der Waals surface area contributed by atoms with E-state index in [1.807, 2.05) is 12.4 Å². The van der Waals surface area contributed by atoms with E-state index in [-0.39, 0.29) is 0 Å². The standard InChI is InChI=1S/C11H17N3/c12-8-11-2-1-7-14(11)9-10-3-5-13-6-4-10/h3-6,11H,1-2,7-9,12H2/t11-/m0/s1. The van der Waals surface area contributed by atoms with E-state index in [1.54, 1.807) is 0 Å². The van der Waals surface area contributed by atoms with Gasteiger partial charge in [0.15, 0.2) is 0 Å². The summed E-state index contributed by atoms with van der Waals surface area (Å²) in [4.78, 5) is 6.48. The number of pyridine rings is 1. The third kappa shape index (κ3) is 2.11. The Labute approximate surface area is 84.9 Å². The molecule has 0 aromatic carbocycles. The van der Waals surface area contributed by atoms with Crippen molar-refractivity contribution in [3.05, 3.63) is 30.1 Å². The zero-order chi connectivity index (χ0) is 9.80. The second-order valence-electron chi connectivity index (χ2n) is 3.86. The van der Waals surface area contributed by atoms with E-state index >= 15 is 0 Å². The Morgan fingerprint density at radius 1 is 1.43 bits per heavy atom. The molecular weight excluding hydrogens is 174 g/mol. The van der Waals surface area contributed by atoms with Gasteiger partial charge in [0.25, 0.3) is 0 Å². The fourth-order valence-corrected chi connectivity index (χ4v) is 2.09. The molecule has 1 saturated heterocycles. The van der Waals surface area contributed by atoms with Crippen molar-refractivity contribution in [2.24, 2.45) is 5.73 Å². The van der Waals surface area contributed by atoms with Gasteiger partial charge in [-0.15, -0.1) is 0 Å². The maximum Gasteiger partial charge on any atom is 0.0271 e. The van der Waals surface area contributed by atoms with Gasteiger partial charge in [-0.3, -0.25) is 9.88 Å². The number of aromatic nitrogens is 1. The maximum absolute atomic E-state index is 5.72. The summed E-state index contributed by atoms with van der Waals surface area (Å²) < 4.78 is 0. The van der Waals surface area contributed by atoms with Crippen molar-refractivity contribution < 1.29 is 0 Å². The molecule has 0 aliphatic carbocycles. The molecule has 1 fully saturated rings. The van der Waals surface area contributed by atoms with Crippen LogP contribution in [0.1, 0.15) is 18.4 Å². The predicted octanol–water partition coefficient (Wildman–Crippen LogP) is 1.00. The number of likely N-dealkylation sites (tertiary alicyclic amines) is 1. The molecule has 0 unspecified atom stereocenters. The summed E-state index contributed by atoms with van der Waals surface area (Å²) in [6.07, 6.45) is 6.24. The van der Waals surface area contributed by atoms with Crippen LogP contribution in [0.15, 0.2) is 24.5 Å². The van der Waals surface area contributed by atoms with Crippen molar-refractivity contribution in [2.75, 3.05) is 13.1 Å². The summed E-state index contributed by atoms with van der Waals surface area (Å²) in [6.45, 7) is 2.99. The Morgan fingerprint density at radius 2 is 2.21 bits per heavy atom. The Bertz CT molecular complexity index is 273. The van der Waals surface area contributed by atoms with E-state index in [1.165, 1.54) is 24.9 Å². The Morgan fingerprint density at radius 3 is 2.93 bits per heavy atom. The first-order chi connectivity index (χ1) is 6.90. The summed E-state index contributed by atoms with van der Waals surface area (Å²) in [5, 5.41) is 0. The zero-order valence-electron chi connectivity index (χ0n) is 8.39. The lowest BCUT2D eigenvalue weighted by Crippen LogP contribution is -2.34. The topological polar surface area (TPSA) is 42.1 Å². The lowest BCUT2D eigenvalue weighted by atomic mass is 10.2. The van der Waals surface area contributed by atoms with Crippen LogP contribution < -0.4 is 5.73 Å². The summed E-state index contributed by atoms with van der Waals surface area (Å²) in [5.41, 5.74) is 7.06. The third-order valence-electron chi connectivity index (χ3n) is 2.91. The summed E-state index contributed by atoms with van der Waals surface area (Å²) in [6, 6.07) is 4.74. The highest BCUT2D eigenvalue weighted by molar-refractivity contribution is 5.10. The maximum atomic E-state index is 5.72. The van der Waals surface area contributed by atoms with Crippen LogP contribution in [0.25, 0.3) is 0 Å². The van der Waals surface area contributed by atoms with Crippen molar-refractivity contribution in [3.63, 3.8) is 0 Å². The molecule has 14 heavy (non-hydrogen) atoms. The zero-order valence-corrected chi connectivity index (χ0v) is 8.39. The van der Waals surface area contributed by atoms with Crippen molar-refractivity contribution in [1.29, 1.82) is 0 Å². The first-order valence-corrected chi connectivity index (χ1v) is 5.23. The molecule has 2 N–H and O–H groups in total. The number of nitrogens with zero attached hydrogens (tertiary/aromatic N) is 2. The monoisotopic (exact) mass is 191 g/mol. The molecule has 0 radical (unpaired) electrons. The van der Waals surface area contributed by atoms with Gasteiger partial charge < -0.3 is 5.73 Å². The summed E-state index contributed by atoms with van der Waals surface area (Å²) >= 11 is 0. The number of hydrogen-bond donors (Lipinski definition) is 1. The van der Waals surface area contributed by atoms with E-state index in [9.17, 15) is 0 Å². The van der Waals surface area contributed by atoms with Crippen molar-refractivity contribution in [3.8, 4) is 0 Å². The van der Waals surface area contributed by atoms with Crippen LogP contribution in [-0.4, -0.2) is 29.0 Å². The molecule has 0 bridgehead atoms. The molecule has 3 nitrogen and oxygen atoms in total. The van der Waals surface area contributed by atoms with Gasteiger partial charge in [-0.25, -0.2) is 0 Å². The minimum Gasteiger partial charge on any atom is -0.329 e. The molecule has 2 heterocycles. The number of nitrogens with two attached hydrogens (primary N) is 1. The quantitative estimate of drug-likeness (QED) is 0.775. The minimum absolute atomic E-state index is 0.586. The van der Waals surface area contributed by atoms with Crippen LogP contribution in [-0.2, 0) is 6.54 Å². The molecule has 3 heteroatoms. The van der Waals surface area contributed by atoms with E-state index in [0.717, 1.165) is 13.1 Å². The second-order valence-corrected chi connectivity index (χ2v) is 3.86. The van der Waals surface area contributed by atoms with Crippen molar-refractivity contribution >= 4 is 0 Å². The SMILES string of the molecule is NC[C@@H]1CCCN1Cc1ccncc1. The Hall–Kier alpha value is -0.930. The minimum atomic E-state index is 0.586. The summed E-state index contributed by atoms with van der Waals surface area (Å²) in [5.74, 6) is 0. The van der Waals surface area contributed by atoms with Gasteiger partial charge in [0.2, 0.25) is 0 Å². The number of rotatable bonds is 3. The molecule has 1 aromatic heterocycles. The van der Waals surface area contributed by atoms with Gasteiger partial charge in [0, 0.05) is 31.5 Å². The molecule has 76 valence electrons. The van der Waals surface area contributed by atoms with Gasteiger partial charge >= 0.3 is 0 Å². The van der Waals surface area contributed by atoms with Crippen molar-refractivity contribution in [2.45, 2.75) is 25.4 Å². The van der Waals surface area contributed by atoms with Crippen LogP contribution >= 0.6 is 0 Å². The highest BCUT2D eigenvalue weighted by Crippen LogP contribution is 2.18. The van der Waals surface area contributed by atoms with Gasteiger partial charge in [-0.1, -0.05) is 0 Å². The van der Waals surface area contributed by atoms with Gasteiger partial charge in [-0.2, -0.15) is 0 Å². The molecule has 0 amide bonds. The van der Waals surface area contributed by atoms with E-state index < -0.39 is 0 Å². The highest BCUT2D eigenvalue weighted by Gasteiger charge is 2.22. The molecule has 1 aliphatic rings. The van der Waals surface area contributed by atoms with Crippen LogP contribution in [0.3, 0.4) is 0 Å². The van der Waals surface area contributed by atoms with Crippen molar-refractivity contribution in [1.82, 2.24) is 9.88 Å². The first-order valence-electron chi connectivity index (χ1n) is 5.23. The average molecular weight is 191 g/mol.